The Morgan fingerprint density at radius 3 is 2.44 bits per heavy atom. The van der Waals surface area contributed by atoms with Gasteiger partial charge >= 0.3 is 0 Å². The first-order valence-electron chi connectivity index (χ1n) is 8.37. The monoisotopic (exact) mass is 343 g/mol. The molecule has 0 radical (unpaired) electrons. The number of carbonyl (C=O) groups excluding carboxylic acids is 1. The topological polar surface area (TPSA) is 55.8 Å². The van der Waals surface area contributed by atoms with Crippen molar-refractivity contribution in [3.05, 3.63) is 54.3 Å². The van der Waals surface area contributed by atoms with E-state index in [-0.39, 0.29) is 23.5 Å². The zero-order valence-corrected chi connectivity index (χ0v) is 14.2. The van der Waals surface area contributed by atoms with Gasteiger partial charge in [0.1, 0.15) is 11.6 Å². The number of nitrogens with zero attached hydrogens (tertiary/aromatic N) is 2. The molecule has 2 aromatic carbocycles. The second kappa shape index (κ2) is 7.53. The largest absolute Gasteiger partial charge is 0.508 e. The predicted molar refractivity (Wildman–Crippen MR) is 96.4 cm³/mol. The number of phenolic OH excluding ortho intramolecular Hbond substituents is 1. The summed E-state index contributed by atoms with van der Waals surface area (Å²) in [6, 6.07) is 12.8. The summed E-state index contributed by atoms with van der Waals surface area (Å²) in [6.45, 7) is 5.01. The molecular weight excluding hydrogens is 321 g/mol. The number of phenols is 1. The van der Waals surface area contributed by atoms with Gasteiger partial charge in [0.15, 0.2) is 0 Å². The van der Waals surface area contributed by atoms with Gasteiger partial charge in [-0.1, -0.05) is 6.07 Å². The van der Waals surface area contributed by atoms with Gasteiger partial charge in [-0.25, -0.2) is 4.39 Å². The summed E-state index contributed by atoms with van der Waals surface area (Å²) in [5, 5.41) is 12.1. The van der Waals surface area contributed by atoms with Gasteiger partial charge < -0.3 is 15.3 Å². The standard InChI is InChI=1S/C19H22FN3O2/c1-14(19(25)21-16-4-2-3-15(20)13-16)22-9-11-23(12-10-22)17-5-7-18(24)8-6-17/h2-8,13-14,24H,9-12H2,1H3,(H,21,25)/t14-/m0/s1. The van der Waals surface area contributed by atoms with Crippen molar-refractivity contribution in [1.29, 1.82) is 0 Å². The minimum absolute atomic E-state index is 0.135. The fraction of sp³-hybridized carbons (Fsp3) is 0.316. The third-order valence-electron chi connectivity index (χ3n) is 4.55. The van der Waals surface area contributed by atoms with E-state index in [2.05, 4.69) is 15.1 Å². The van der Waals surface area contributed by atoms with Crippen molar-refractivity contribution in [1.82, 2.24) is 4.90 Å². The third kappa shape index (κ3) is 4.28. The van der Waals surface area contributed by atoms with Crippen molar-refractivity contribution in [3.63, 3.8) is 0 Å². The van der Waals surface area contributed by atoms with Crippen molar-refractivity contribution in [3.8, 4) is 5.75 Å². The molecule has 2 N–H and O–H groups in total. The molecule has 0 bridgehead atoms. The van der Waals surface area contributed by atoms with Crippen LogP contribution in [-0.4, -0.2) is 48.1 Å². The summed E-state index contributed by atoms with van der Waals surface area (Å²) < 4.78 is 13.2. The first-order chi connectivity index (χ1) is 12.0. The van der Waals surface area contributed by atoms with Crippen LogP contribution in [0, 0.1) is 5.82 Å². The fourth-order valence-electron chi connectivity index (χ4n) is 3.01. The molecule has 0 aliphatic carbocycles. The van der Waals surface area contributed by atoms with E-state index in [9.17, 15) is 14.3 Å². The van der Waals surface area contributed by atoms with Crippen LogP contribution in [0.1, 0.15) is 6.92 Å². The Kier molecular flexibility index (Phi) is 5.19. The van der Waals surface area contributed by atoms with Gasteiger partial charge in [0, 0.05) is 37.6 Å². The van der Waals surface area contributed by atoms with Crippen molar-refractivity contribution < 1.29 is 14.3 Å². The maximum atomic E-state index is 13.2. The van der Waals surface area contributed by atoms with Gasteiger partial charge in [0.05, 0.1) is 6.04 Å². The Labute approximate surface area is 146 Å². The highest BCUT2D eigenvalue weighted by atomic mass is 19.1. The van der Waals surface area contributed by atoms with E-state index >= 15 is 0 Å². The molecule has 0 unspecified atom stereocenters. The number of hydrogen-bond donors (Lipinski definition) is 2. The lowest BCUT2D eigenvalue weighted by Gasteiger charge is -2.38. The minimum atomic E-state index is -0.368. The summed E-state index contributed by atoms with van der Waals surface area (Å²) in [6.07, 6.45) is 0. The molecule has 1 aliphatic heterocycles. The van der Waals surface area contributed by atoms with Crippen LogP contribution < -0.4 is 10.2 Å². The van der Waals surface area contributed by atoms with Gasteiger partial charge in [-0.2, -0.15) is 0 Å². The molecule has 0 spiro atoms. The Bertz CT molecular complexity index is 728. The molecule has 25 heavy (non-hydrogen) atoms. The second-order valence-electron chi connectivity index (χ2n) is 6.21. The number of halogens is 1. The minimum Gasteiger partial charge on any atom is -0.508 e. The number of piperazine rings is 1. The van der Waals surface area contributed by atoms with E-state index in [1.165, 1.54) is 12.1 Å². The van der Waals surface area contributed by atoms with Crippen LogP contribution >= 0.6 is 0 Å². The molecule has 1 saturated heterocycles. The van der Waals surface area contributed by atoms with E-state index in [0.717, 1.165) is 31.9 Å². The first-order valence-corrected chi connectivity index (χ1v) is 8.37. The smallest absolute Gasteiger partial charge is 0.241 e. The molecule has 132 valence electrons. The molecule has 0 saturated carbocycles. The van der Waals surface area contributed by atoms with Crippen LogP contribution in [0.25, 0.3) is 0 Å². The van der Waals surface area contributed by atoms with Crippen LogP contribution in [0.4, 0.5) is 15.8 Å². The highest BCUT2D eigenvalue weighted by Gasteiger charge is 2.25. The molecule has 0 aromatic heterocycles. The van der Waals surface area contributed by atoms with Crippen LogP contribution in [0.3, 0.4) is 0 Å². The lowest BCUT2D eigenvalue weighted by molar-refractivity contribution is -0.120. The van der Waals surface area contributed by atoms with Crippen LogP contribution in [-0.2, 0) is 4.79 Å². The van der Waals surface area contributed by atoms with E-state index in [0.29, 0.717) is 5.69 Å². The Morgan fingerprint density at radius 2 is 1.80 bits per heavy atom. The third-order valence-corrected chi connectivity index (χ3v) is 4.55. The fourth-order valence-corrected chi connectivity index (χ4v) is 3.01. The van der Waals surface area contributed by atoms with E-state index in [1.54, 1.807) is 24.3 Å². The molecular formula is C19H22FN3O2. The number of carbonyl (C=O) groups is 1. The molecule has 5 nitrogen and oxygen atoms in total. The molecule has 1 aliphatic rings. The number of hydrogen-bond acceptors (Lipinski definition) is 4. The summed E-state index contributed by atoms with van der Waals surface area (Å²) >= 11 is 0. The second-order valence-corrected chi connectivity index (χ2v) is 6.21. The molecule has 2 aromatic rings. The van der Waals surface area contributed by atoms with Gasteiger partial charge in [-0.05, 0) is 49.4 Å². The number of benzene rings is 2. The van der Waals surface area contributed by atoms with Gasteiger partial charge in [0.25, 0.3) is 0 Å². The normalized spacial score (nSPS) is 16.5. The zero-order valence-electron chi connectivity index (χ0n) is 14.2. The summed E-state index contributed by atoms with van der Waals surface area (Å²) in [5.74, 6) is -0.248. The average molecular weight is 343 g/mol. The Balaban J connectivity index is 1.54. The van der Waals surface area contributed by atoms with Crippen molar-refractivity contribution in [2.24, 2.45) is 0 Å². The SMILES string of the molecule is C[C@@H](C(=O)Nc1cccc(F)c1)N1CCN(c2ccc(O)cc2)CC1. The maximum absolute atomic E-state index is 13.2. The molecule has 1 heterocycles. The van der Waals surface area contributed by atoms with E-state index < -0.39 is 0 Å². The van der Waals surface area contributed by atoms with Crippen LogP contribution in [0.15, 0.2) is 48.5 Å². The first kappa shape index (κ1) is 17.2. The number of amides is 1. The predicted octanol–water partition coefficient (Wildman–Crippen LogP) is 2.68. The van der Waals surface area contributed by atoms with Crippen LogP contribution in [0.5, 0.6) is 5.75 Å². The van der Waals surface area contributed by atoms with E-state index in [4.69, 9.17) is 0 Å². The van der Waals surface area contributed by atoms with Crippen molar-refractivity contribution in [2.45, 2.75) is 13.0 Å². The summed E-state index contributed by atoms with van der Waals surface area (Å²) in [4.78, 5) is 16.7. The highest BCUT2D eigenvalue weighted by molar-refractivity contribution is 5.94. The summed E-state index contributed by atoms with van der Waals surface area (Å²) in [5.41, 5.74) is 1.54. The molecule has 1 fully saturated rings. The van der Waals surface area contributed by atoms with Gasteiger partial charge in [-0.15, -0.1) is 0 Å². The zero-order chi connectivity index (χ0) is 17.8. The lowest BCUT2D eigenvalue weighted by Crippen LogP contribution is -2.52. The molecule has 1 atom stereocenters. The van der Waals surface area contributed by atoms with Gasteiger partial charge in [0.2, 0.25) is 5.91 Å². The van der Waals surface area contributed by atoms with Gasteiger partial charge in [-0.3, -0.25) is 9.69 Å². The molecule has 3 rings (SSSR count). The maximum Gasteiger partial charge on any atom is 0.241 e. The molecule has 1 amide bonds. The highest BCUT2D eigenvalue weighted by Crippen LogP contribution is 2.20. The van der Waals surface area contributed by atoms with Crippen molar-refractivity contribution in [2.75, 3.05) is 36.4 Å². The number of nitrogens with one attached hydrogen (secondary N) is 1. The lowest BCUT2D eigenvalue weighted by atomic mass is 10.2. The van der Waals surface area contributed by atoms with Crippen molar-refractivity contribution >= 4 is 17.3 Å². The number of aromatic hydroxyl groups is 1. The quantitative estimate of drug-likeness (QED) is 0.896. The number of anilines is 2. The average Bonchev–Trinajstić information content (AvgIpc) is 2.62. The summed E-state index contributed by atoms with van der Waals surface area (Å²) in [7, 11) is 0. The Morgan fingerprint density at radius 1 is 1.12 bits per heavy atom. The molecule has 6 heteroatoms. The van der Waals surface area contributed by atoms with Crippen LogP contribution in [0.2, 0.25) is 0 Å². The Hall–Kier alpha value is -2.60. The van der Waals surface area contributed by atoms with E-state index in [1.807, 2.05) is 19.1 Å². The number of rotatable bonds is 4.